The van der Waals surface area contributed by atoms with Crippen LogP contribution in [0.1, 0.15) is 128 Å². The van der Waals surface area contributed by atoms with Gasteiger partial charge in [0.2, 0.25) is 5.43 Å². The number of nitrogens with one attached hydrogen (secondary N) is 2. The van der Waals surface area contributed by atoms with Crippen molar-refractivity contribution in [2.45, 2.75) is 135 Å². The first-order chi connectivity index (χ1) is 26.4. The van der Waals surface area contributed by atoms with Gasteiger partial charge in [0.1, 0.15) is 6.10 Å². The number of carbonyl (C=O) groups is 4. The zero-order valence-corrected chi connectivity index (χ0v) is 34.0. The van der Waals surface area contributed by atoms with Gasteiger partial charge in [-0.2, -0.15) is 0 Å². The molecule has 2 unspecified atom stereocenters. The molecule has 1 aromatic carbocycles. The minimum Gasteiger partial charge on any atom is -0.484 e. The number of unbranched alkanes of at least 4 members (excludes halogenated alkanes) is 15. The van der Waals surface area contributed by atoms with Crippen LogP contribution in [0.25, 0.3) is 0 Å². The van der Waals surface area contributed by atoms with E-state index in [4.69, 9.17) is 44.3 Å². The van der Waals surface area contributed by atoms with E-state index < -0.39 is 23.9 Å². The summed E-state index contributed by atoms with van der Waals surface area (Å²) in [6, 6.07) is 12.1. The molecule has 8 N–H and O–H groups in total. The lowest BCUT2D eigenvalue weighted by molar-refractivity contribution is -0.159. The monoisotopic (exact) mass is 794 g/mol. The van der Waals surface area contributed by atoms with Crippen LogP contribution < -0.4 is 15.5 Å². The molecule has 56 heavy (non-hydrogen) atoms. The number of pyridine rings is 1. The molecule has 0 aliphatic heterocycles. The van der Waals surface area contributed by atoms with Crippen LogP contribution in [0.4, 0.5) is 0 Å². The van der Waals surface area contributed by atoms with Gasteiger partial charge in [-0.3, -0.25) is 4.79 Å². The zero-order chi connectivity index (χ0) is 41.1. The Morgan fingerprint density at radius 3 is 1.59 bits per heavy atom. The highest BCUT2D eigenvalue weighted by molar-refractivity contribution is 6.27. The van der Waals surface area contributed by atoms with Crippen molar-refractivity contribution in [3.05, 3.63) is 64.6 Å². The van der Waals surface area contributed by atoms with E-state index in [1.54, 1.807) is 18.5 Å². The maximum atomic E-state index is 12.5. The number of benzene rings is 1. The highest BCUT2D eigenvalue weighted by Gasteiger charge is 2.24. The second kappa shape index (κ2) is 36.4. The van der Waals surface area contributed by atoms with E-state index in [0.717, 1.165) is 38.9 Å². The van der Waals surface area contributed by atoms with Crippen molar-refractivity contribution in [1.29, 1.82) is 0 Å². The lowest BCUT2D eigenvalue weighted by Gasteiger charge is -2.28. The number of carboxylic acids is 4. The molecule has 0 aliphatic carbocycles. The number of H-pyrrole nitrogens is 1. The molecule has 0 amide bonds. The van der Waals surface area contributed by atoms with Crippen molar-refractivity contribution in [3.8, 4) is 5.75 Å². The van der Waals surface area contributed by atoms with Crippen LogP contribution in [0, 0.1) is 5.92 Å². The van der Waals surface area contributed by atoms with Crippen LogP contribution in [-0.2, 0) is 25.6 Å². The summed E-state index contributed by atoms with van der Waals surface area (Å²) < 4.78 is 6.49. The summed E-state index contributed by atoms with van der Waals surface area (Å²) in [5.74, 6) is -6.53. The Bertz CT molecular complexity index is 1290. The average molecular weight is 794 g/mol. The lowest BCUT2D eigenvalue weighted by atomic mass is 9.90. The summed E-state index contributed by atoms with van der Waals surface area (Å²) in [6.45, 7) is 5.28. The lowest BCUT2D eigenvalue weighted by Crippen LogP contribution is -2.38. The van der Waals surface area contributed by atoms with Crippen molar-refractivity contribution < 1.29 is 49.8 Å². The van der Waals surface area contributed by atoms with E-state index >= 15 is 0 Å². The van der Waals surface area contributed by atoms with Gasteiger partial charge in [0, 0.05) is 37.3 Å². The minimum absolute atomic E-state index is 0. The van der Waals surface area contributed by atoms with Crippen molar-refractivity contribution in [2.75, 3.05) is 33.7 Å². The zero-order valence-electron chi connectivity index (χ0n) is 34.0. The van der Waals surface area contributed by atoms with Crippen LogP contribution in [0.15, 0.2) is 53.6 Å². The summed E-state index contributed by atoms with van der Waals surface area (Å²) in [6.07, 6.45) is 28.5. The Morgan fingerprint density at radius 2 is 1.16 bits per heavy atom. The van der Waals surface area contributed by atoms with Gasteiger partial charge >= 0.3 is 23.9 Å². The topological polar surface area (TPSA) is 238 Å². The molecule has 1 aromatic heterocycles. The number of carboxylic acid groups (broad SMARTS) is 4. The number of hydrogen-bond acceptors (Lipinski definition) is 8. The number of aromatic amines is 1. The second-order valence-electron chi connectivity index (χ2n) is 14.2. The van der Waals surface area contributed by atoms with Crippen LogP contribution in [0.2, 0.25) is 0 Å². The maximum Gasteiger partial charge on any atom is 0.414 e. The average Bonchev–Trinajstić information content (AvgIpc) is 3.15. The van der Waals surface area contributed by atoms with E-state index in [9.17, 15) is 4.79 Å². The summed E-state index contributed by atoms with van der Waals surface area (Å²) >= 11 is 0. The van der Waals surface area contributed by atoms with E-state index in [1.807, 2.05) is 0 Å². The Balaban J connectivity index is 0. The van der Waals surface area contributed by atoms with Gasteiger partial charge in [-0.05, 0) is 45.6 Å². The van der Waals surface area contributed by atoms with E-state index in [-0.39, 0.29) is 17.0 Å². The highest BCUT2D eigenvalue weighted by Crippen LogP contribution is 2.23. The second-order valence-corrected chi connectivity index (χ2v) is 14.2. The molecule has 2 rings (SSSR count). The van der Waals surface area contributed by atoms with E-state index in [1.165, 1.54) is 108 Å². The van der Waals surface area contributed by atoms with Crippen LogP contribution in [-0.4, -0.2) is 99.5 Å². The third-order valence-electron chi connectivity index (χ3n) is 9.03. The molecule has 320 valence electrons. The third-order valence-corrected chi connectivity index (χ3v) is 9.03. The summed E-state index contributed by atoms with van der Waals surface area (Å²) in [7, 11) is 4.25. The molecule has 0 aliphatic rings. The Hall–Kier alpha value is -4.27. The molecule has 14 heteroatoms. The van der Waals surface area contributed by atoms with Gasteiger partial charge in [-0.25, -0.2) is 19.2 Å². The fourth-order valence-electron chi connectivity index (χ4n) is 5.99. The molecule has 1 heterocycles. The number of aliphatic carboxylic acids is 4. The van der Waals surface area contributed by atoms with Gasteiger partial charge in [-0.1, -0.05) is 140 Å². The highest BCUT2D eigenvalue weighted by atomic mass is 16.5. The Kier molecular flexibility index (Phi) is 35.0. The van der Waals surface area contributed by atoms with Gasteiger partial charge < -0.3 is 45.8 Å². The normalized spacial score (nSPS) is 11.5. The standard InChI is InChI=1S/C38H65N3O2.2C2H2O4.H2O/c1-4-5-6-7-8-9-10-11-12-13-14-15-16-17-18-22-26-35(32-39-28-23-30-41(2)3)37(31-34-24-20-19-21-25-34)43-38-33-40-29-27-36(38)42;2*3-1(4)2(5)6;/h19-21,24-25,27,29,33,35,37,39H,4-18,22-23,26,28,30-32H2,1-3H3,(H,40,42);2*(H,3,4)(H,5,6);1H2. The van der Waals surface area contributed by atoms with E-state index in [2.05, 4.69) is 66.6 Å². The smallest absolute Gasteiger partial charge is 0.414 e. The summed E-state index contributed by atoms with van der Waals surface area (Å²) in [5.41, 5.74) is 1.20. The molecule has 0 saturated carbocycles. The number of rotatable bonds is 28. The Labute approximate surface area is 333 Å². The largest absolute Gasteiger partial charge is 0.484 e. The predicted octanol–water partition coefficient (Wildman–Crippen LogP) is 6.66. The molecule has 0 spiro atoms. The summed E-state index contributed by atoms with van der Waals surface area (Å²) in [5, 5.41) is 33.3. The van der Waals surface area contributed by atoms with Crippen LogP contribution >= 0.6 is 0 Å². The molecule has 2 aromatic rings. The predicted molar refractivity (Wildman–Crippen MR) is 219 cm³/mol. The quantitative estimate of drug-likeness (QED) is 0.0392. The number of hydrogen-bond donors (Lipinski definition) is 6. The number of ether oxygens (including phenoxy) is 1. The van der Waals surface area contributed by atoms with Crippen molar-refractivity contribution in [1.82, 2.24) is 15.2 Å². The van der Waals surface area contributed by atoms with Crippen molar-refractivity contribution in [2.24, 2.45) is 5.92 Å². The molecule has 14 nitrogen and oxygen atoms in total. The fourth-order valence-corrected chi connectivity index (χ4v) is 5.99. The van der Waals surface area contributed by atoms with E-state index in [0.29, 0.717) is 11.7 Å². The van der Waals surface area contributed by atoms with Crippen molar-refractivity contribution in [3.63, 3.8) is 0 Å². The SMILES string of the molecule is CCCCCCCCCCCCCCCCCCC(CNCCCN(C)C)C(Cc1ccccc1)Oc1c[nH]ccc1=O.O.O=C(O)C(=O)O.O=C(O)C(=O)O. The first-order valence-electron chi connectivity index (χ1n) is 20.0. The van der Waals surface area contributed by atoms with Gasteiger partial charge in [-0.15, -0.1) is 0 Å². The molecule has 0 bridgehead atoms. The first kappa shape index (κ1) is 53.8. The van der Waals surface area contributed by atoms with Crippen molar-refractivity contribution >= 4 is 23.9 Å². The maximum absolute atomic E-state index is 12.5. The number of aromatic nitrogens is 1. The molecule has 0 radical (unpaired) electrons. The molecule has 0 fully saturated rings. The minimum atomic E-state index is -1.82. The Morgan fingerprint density at radius 1 is 0.696 bits per heavy atom. The summed E-state index contributed by atoms with van der Waals surface area (Å²) in [4.78, 5) is 54.2. The fraction of sp³-hybridized carbons (Fsp3) is 0.643. The van der Waals surface area contributed by atoms with Crippen LogP contribution in [0.3, 0.4) is 0 Å². The van der Waals surface area contributed by atoms with Crippen LogP contribution in [0.5, 0.6) is 5.75 Å². The molecule has 0 saturated heterocycles. The first-order valence-corrected chi connectivity index (χ1v) is 20.0. The molecule has 2 atom stereocenters. The van der Waals surface area contributed by atoms with Gasteiger partial charge in [0.15, 0.2) is 5.75 Å². The number of nitrogens with zero attached hydrogens (tertiary/aromatic N) is 1. The van der Waals surface area contributed by atoms with Gasteiger partial charge in [0.05, 0.1) is 0 Å². The van der Waals surface area contributed by atoms with Gasteiger partial charge in [0.25, 0.3) is 0 Å². The third kappa shape index (κ3) is 32.0. The molecular weight excluding hydrogens is 722 g/mol. The molecular formula is C42H71N3O11.